The molecule has 0 aromatic carbocycles. The second-order valence-electron chi connectivity index (χ2n) is 3.35. The summed E-state index contributed by atoms with van der Waals surface area (Å²) in [6.45, 7) is 3.98. The maximum Gasteiger partial charge on any atom is 0.214 e. The normalized spacial score (nSPS) is 29.3. The zero-order valence-corrected chi connectivity index (χ0v) is 8.39. The summed E-state index contributed by atoms with van der Waals surface area (Å²) in [5.74, 6) is 0.600. The molecule has 0 bridgehead atoms. The zero-order chi connectivity index (χ0) is 9.19. The second kappa shape index (κ2) is 3.72. The fraction of sp³-hybridized carbons (Fsp3) is 1.00. The Labute approximate surface area is 74.0 Å². The van der Waals surface area contributed by atoms with E-state index in [1.165, 1.54) is 0 Å². The smallest absolute Gasteiger partial charge is 0.214 e. The molecule has 0 aliphatic carbocycles. The van der Waals surface area contributed by atoms with Crippen LogP contribution in [0.4, 0.5) is 0 Å². The number of hydrogen-bond donors (Lipinski definition) is 1. The van der Waals surface area contributed by atoms with Crippen molar-refractivity contribution in [2.75, 3.05) is 32.4 Å². The Morgan fingerprint density at radius 3 is 2.67 bits per heavy atom. The van der Waals surface area contributed by atoms with Crippen molar-refractivity contribution >= 4 is 10.0 Å². The molecule has 1 aliphatic rings. The number of likely N-dealkylation sites (N-methyl/N-ethyl adjacent to an activating group) is 1. The SMILES string of the molecule is CNCCN1CC(C)CS1(=O)=O. The van der Waals surface area contributed by atoms with Crippen LogP contribution < -0.4 is 5.32 Å². The molecule has 0 amide bonds. The van der Waals surface area contributed by atoms with E-state index in [0.29, 0.717) is 18.8 Å². The molecular formula is C7H16N2O2S. The fourth-order valence-corrected chi connectivity index (χ4v) is 3.33. The van der Waals surface area contributed by atoms with Crippen LogP contribution in [0.15, 0.2) is 0 Å². The highest BCUT2D eigenvalue weighted by atomic mass is 32.2. The van der Waals surface area contributed by atoms with Crippen LogP contribution in [0.25, 0.3) is 0 Å². The van der Waals surface area contributed by atoms with Crippen molar-refractivity contribution in [1.82, 2.24) is 9.62 Å². The summed E-state index contributed by atoms with van der Waals surface area (Å²) < 4.78 is 24.3. The lowest BCUT2D eigenvalue weighted by molar-refractivity contribution is 0.412. The van der Waals surface area contributed by atoms with Crippen LogP contribution in [0.5, 0.6) is 0 Å². The molecule has 1 saturated heterocycles. The van der Waals surface area contributed by atoms with Gasteiger partial charge in [0.15, 0.2) is 0 Å². The van der Waals surface area contributed by atoms with Crippen LogP contribution in [0.2, 0.25) is 0 Å². The molecule has 1 fully saturated rings. The van der Waals surface area contributed by atoms with Crippen molar-refractivity contribution in [1.29, 1.82) is 0 Å². The van der Waals surface area contributed by atoms with Gasteiger partial charge in [-0.1, -0.05) is 6.92 Å². The van der Waals surface area contributed by atoms with Gasteiger partial charge in [-0.05, 0) is 13.0 Å². The van der Waals surface area contributed by atoms with Gasteiger partial charge in [-0.3, -0.25) is 0 Å². The van der Waals surface area contributed by atoms with E-state index in [0.717, 1.165) is 6.54 Å². The Bertz CT molecular complexity index is 238. The minimum atomic E-state index is -2.92. The molecule has 1 atom stereocenters. The summed E-state index contributed by atoms with van der Waals surface area (Å²) in [4.78, 5) is 0. The molecule has 1 aliphatic heterocycles. The monoisotopic (exact) mass is 192 g/mol. The lowest BCUT2D eigenvalue weighted by atomic mass is 10.2. The molecule has 0 aromatic heterocycles. The Morgan fingerprint density at radius 2 is 2.25 bits per heavy atom. The molecule has 1 unspecified atom stereocenters. The van der Waals surface area contributed by atoms with E-state index in [4.69, 9.17) is 0 Å². The first-order valence-electron chi connectivity index (χ1n) is 4.18. The van der Waals surface area contributed by atoms with Crippen LogP contribution in [-0.2, 0) is 10.0 Å². The summed E-state index contributed by atoms with van der Waals surface area (Å²) in [6.07, 6.45) is 0. The summed E-state index contributed by atoms with van der Waals surface area (Å²) in [6, 6.07) is 0. The Hall–Kier alpha value is -0.130. The van der Waals surface area contributed by atoms with Gasteiger partial charge in [0, 0.05) is 19.6 Å². The van der Waals surface area contributed by atoms with Crippen LogP contribution in [-0.4, -0.2) is 45.2 Å². The summed E-state index contributed by atoms with van der Waals surface area (Å²) in [5.41, 5.74) is 0. The molecule has 1 rings (SSSR count). The minimum absolute atomic E-state index is 0.284. The predicted octanol–water partition coefficient (Wildman–Crippen LogP) is -0.513. The molecule has 0 radical (unpaired) electrons. The average molecular weight is 192 g/mol. The first-order chi connectivity index (χ1) is 5.56. The quantitative estimate of drug-likeness (QED) is 0.655. The van der Waals surface area contributed by atoms with Crippen LogP contribution >= 0.6 is 0 Å². The summed E-state index contributed by atoms with van der Waals surface area (Å²) in [7, 11) is -1.09. The van der Waals surface area contributed by atoms with E-state index in [1.807, 2.05) is 14.0 Å². The topological polar surface area (TPSA) is 49.4 Å². The number of hydrogen-bond acceptors (Lipinski definition) is 3. The molecule has 72 valence electrons. The van der Waals surface area contributed by atoms with Crippen molar-refractivity contribution in [2.45, 2.75) is 6.92 Å². The van der Waals surface area contributed by atoms with Gasteiger partial charge >= 0.3 is 0 Å². The van der Waals surface area contributed by atoms with Crippen LogP contribution in [0.3, 0.4) is 0 Å². The molecule has 12 heavy (non-hydrogen) atoms. The van der Waals surface area contributed by atoms with E-state index in [2.05, 4.69) is 5.32 Å². The fourth-order valence-electron chi connectivity index (χ4n) is 1.45. The molecule has 0 saturated carbocycles. The average Bonchev–Trinajstić information content (AvgIpc) is 2.20. The molecule has 5 heteroatoms. The van der Waals surface area contributed by atoms with E-state index < -0.39 is 10.0 Å². The second-order valence-corrected chi connectivity index (χ2v) is 5.36. The standard InChI is InChI=1S/C7H16N2O2S/c1-7-5-9(4-3-8-2)12(10,11)6-7/h7-8H,3-6H2,1-2H3. The van der Waals surface area contributed by atoms with Gasteiger partial charge < -0.3 is 5.32 Å². The molecule has 1 N–H and O–H groups in total. The van der Waals surface area contributed by atoms with Gasteiger partial charge in [-0.25, -0.2) is 12.7 Å². The van der Waals surface area contributed by atoms with Crippen molar-refractivity contribution in [3.8, 4) is 0 Å². The molecular weight excluding hydrogens is 176 g/mol. The van der Waals surface area contributed by atoms with E-state index in [9.17, 15) is 8.42 Å². The van der Waals surface area contributed by atoms with Crippen LogP contribution in [0.1, 0.15) is 6.92 Å². The number of nitrogens with zero attached hydrogens (tertiary/aromatic N) is 1. The highest BCUT2D eigenvalue weighted by Crippen LogP contribution is 2.17. The van der Waals surface area contributed by atoms with Gasteiger partial charge in [-0.15, -0.1) is 0 Å². The molecule has 1 heterocycles. The lowest BCUT2D eigenvalue weighted by Gasteiger charge is -2.13. The van der Waals surface area contributed by atoms with E-state index >= 15 is 0 Å². The number of rotatable bonds is 3. The highest BCUT2D eigenvalue weighted by molar-refractivity contribution is 7.89. The van der Waals surface area contributed by atoms with Crippen molar-refractivity contribution < 1.29 is 8.42 Å². The lowest BCUT2D eigenvalue weighted by Crippen LogP contribution is -2.32. The Morgan fingerprint density at radius 1 is 1.58 bits per heavy atom. The number of sulfonamides is 1. The third-order valence-electron chi connectivity index (χ3n) is 2.02. The van der Waals surface area contributed by atoms with Crippen molar-refractivity contribution in [3.05, 3.63) is 0 Å². The summed E-state index contributed by atoms with van der Waals surface area (Å²) >= 11 is 0. The van der Waals surface area contributed by atoms with Crippen LogP contribution in [0, 0.1) is 5.92 Å². The van der Waals surface area contributed by atoms with Crippen molar-refractivity contribution in [2.24, 2.45) is 5.92 Å². The first kappa shape index (κ1) is 9.95. The molecule has 0 spiro atoms. The van der Waals surface area contributed by atoms with Gasteiger partial charge in [-0.2, -0.15) is 0 Å². The maximum atomic E-state index is 11.4. The maximum absolute atomic E-state index is 11.4. The van der Waals surface area contributed by atoms with Crippen molar-refractivity contribution in [3.63, 3.8) is 0 Å². The Kier molecular flexibility index (Phi) is 3.09. The number of nitrogens with one attached hydrogen (secondary N) is 1. The third kappa shape index (κ3) is 2.18. The first-order valence-corrected chi connectivity index (χ1v) is 5.79. The highest BCUT2D eigenvalue weighted by Gasteiger charge is 2.32. The summed E-state index contributed by atoms with van der Waals surface area (Å²) in [5, 5.41) is 2.94. The molecule has 4 nitrogen and oxygen atoms in total. The zero-order valence-electron chi connectivity index (χ0n) is 7.58. The van der Waals surface area contributed by atoms with Gasteiger partial charge in [0.05, 0.1) is 5.75 Å². The van der Waals surface area contributed by atoms with E-state index in [-0.39, 0.29) is 5.92 Å². The van der Waals surface area contributed by atoms with Gasteiger partial charge in [0.25, 0.3) is 0 Å². The predicted molar refractivity (Wildman–Crippen MR) is 48.5 cm³/mol. The minimum Gasteiger partial charge on any atom is -0.318 e. The molecule has 0 aromatic rings. The largest absolute Gasteiger partial charge is 0.318 e. The Balaban J connectivity index is 2.54. The van der Waals surface area contributed by atoms with E-state index in [1.54, 1.807) is 4.31 Å². The third-order valence-corrected chi connectivity index (χ3v) is 4.12. The van der Waals surface area contributed by atoms with Gasteiger partial charge in [0.2, 0.25) is 10.0 Å². The van der Waals surface area contributed by atoms with Gasteiger partial charge in [0.1, 0.15) is 0 Å².